The van der Waals surface area contributed by atoms with Crippen LogP contribution >= 0.6 is 0 Å². The Balaban J connectivity index is 1.91. The molecular weight excluding hydrogens is 254 g/mol. The highest BCUT2D eigenvalue weighted by atomic mass is 16.2. The third kappa shape index (κ3) is 2.05. The normalized spacial score (nSPS) is 10.9. The number of hydrogen-bond donors (Lipinski definition) is 1. The Kier molecular flexibility index (Phi) is 2.98. The van der Waals surface area contributed by atoms with Gasteiger partial charge in [-0.3, -0.25) is 4.79 Å². The molecule has 0 saturated carbocycles. The molecule has 0 aromatic carbocycles. The van der Waals surface area contributed by atoms with E-state index in [0.717, 1.165) is 17.0 Å². The predicted molar refractivity (Wildman–Crippen MR) is 75.8 cm³/mol. The van der Waals surface area contributed by atoms with Gasteiger partial charge in [0.1, 0.15) is 17.2 Å². The Morgan fingerprint density at radius 2 is 2.25 bits per heavy atom. The third-order valence-electron chi connectivity index (χ3n) is 3.15. The van der Waals surface area contributed by atoms with Crippen molar-refractivity contribution in [3.05, 3.63) is 48.0 Å². The Hall–Kier alpha value is -2.63. The standard InChI is InChI=1S/C14H15N5O/c1-3-19-13(10(2)8-15-19)17-14(20)11-9-18-7-5-4-6-12(18)16-11/h4-9H,3H2,1-2H3,(H,17,20). The molecule has 1 amide bonds. The second kappa shape index (κ2) is 4.80. The Morgan fingerprint density at radius 3 is 3.00 bits per heavy atom. The van der Waals surface area contributed by atoms with Gasteiger partial charge >= 0.3 is 0 Å². The molecule has 3 rings (SSSR count). The zero-order chi connectivity index (χ0) is 14.1. The number of nitrogens with zero attached hydrogens (tertiary/aromatic N) is 4. The van der Waals surface area contributed by atoms with Crippen LogP contribution in [0.3, 0.4) is 0 Å². The van der Waals surface area contributed by atoms with E-state index in [1.165, 1.54) is 0 Å². The molecule has 0 aliphatic heterocycles. The van der Waals surface area contributed by atoms with Crippen LogP contribution in [0.1, 0.15) is 23.0 Å². The van der Waals surface area contributed by atoms with Gasteiger partial charge in [-0.05, 0) is 26.0 Å². The van der Waals surface area contributed by atoms with E-state index in [0.29, 0.717) is 12.2 Å². The molecule has 0 unspecified atom stereocenters. The van der Waals surface area contributed by atoms with Gasteiger partial charge in [-0.2, -0.15) is 5.10 Å². The molecule has 3 heterocycles. The minimum Gasteiger partial charge on any atom is -0.306 e. The average molecular weight is 269 g/mol. The predicted octanol–water partition coefficient (Wildman–Crippen LogP) is 2.11. The summed E-state index contributed by atoms with van der Waals surface area (Å²) in [5.74, 6) is 0.488. The van der Waals surface area contributed by atoms with Crippen molar-refractivity contribution in [1.29, 1.82) is 0 Å². The number of carbonyl (C=O) groups excluding carboxylic acids is 1. The maximum Gasteiger partial charge on any atom is 0.277 e. The summed E-state index contributed by atoms with van der Waals surface area (Å²) in [4.78, 5) is 16.6. The second-order valence-corrected chi connectivity index (χ2v) is 4.54. The number of carbonyl (C=O) groups is 1. The zero-order valence-corrected chi connectivity index (χ0v) is 11.4. The molecule has 0 radical (unpaired) electrons. The first-order chi connectivity index (χ1) is 9.69. The van der Waals surface area contributed by atoms with Crippen LogP contribution in [0.4, 0.5) is 5.82 Å². The minimum absolute atomic E-state index is 0.230. The van der Waals surface area contributed by atoms with E-state index in [2.05, 4.69) is 15.4 Å². The van der Waals surface area contributed by atoms with Crippen LogP contribution < -0.4 is 5.32 Å². The van der Waals surface area contributed by atoms with Crippen molar-refractivity contribution in [2.45, 2.75) is 20.4 Å². The smallest absolute Gasteiger partial charge is 0.277 e. The van der Waals surface area contributed by atoms with Gasteiger partial charge < -0.3 is 9.72 Å². The van der Waals surface area contributed by atoms with Crippen molar-refractivity contribution in [2.75, 3.05) is 5.32 Å². The van der Waals surface area contributed by atoms with Crippen LogP contribution in [0.15, 0.2) is 36.8 Å². The van der Waals surface area contributed by atoms with Crippen LogP contribution in [-0.2, 0) is 6.54 Å². The van der Waals surface area contributed by atoms with Gasteiger partial charge in [-0.1, -0.05) is 6.07 Å². The molecular formula is C14H15N5O. The number of aromatic nitrogens is 4. The lowest BCUT2D eigenvalue weighted by Crippen LogP contribution is -2.16. The van der Waals surface area contributed by atoms with E-state index in [1.54, 1.807) is 17.1 Å². The number of pyridine rings is 1. The number of anilines is 1. The third-order valence-corrected chi connectivity index (χ3v) is 3.15. The van der Waals surface area contributed by atoms with Crippen molar-refractivity contribution in [1.82, 2.24) is 19.2 Å². The first kappa shape index (κ1) is 12.4. The molecule has 0 atom stereocenters. The Bertz CT molecular complexity index is 738. The van der Waals surface area contributed by atoms with Crippen molar-refractivity contribution in [2.24, 2.45) is 0 Å². The van der Waals surface area contributed by atoms with Crippen LogP contribution in [0.2, 0.25) is 0 Å². The summed E-state index contributed by atoms with van der Waals surface area (Å²) in [5.41, 5.74) is 2.07. The molecule has 6 nitrogen and oxygen atoms in total. The summed E-state index contributed by atoms with van der Waals surface area (Å²) in [7, 11) is 0. The number of aryl methyl sites for hydroxylation is 2. The van der Waals surface area contributed by atoms with Crippen LogP contribution in [0, 0.1) is 6.92 Å². The van der Waals surface area contributed by atoms with E-state index in [-0.39, 0.29) is 5.91 Å². The monoisotopic (exact) mass is 269 g/mol. The largest absolute Gasteiger partial charge is 0.306 e. The highest BCUT2D eigenvalue weighted by Gasteiger charge is 2.14. The van der Waals surface area contributed by atoms with Crippen molar-refractivity contribution in [3.63, 3.8) is 0 Å². The quantitative estimate of drug-likeness (QED) is 0.792. The summed E-state index contributed by atoms with van der Waals surface area (Å²) in [6.07, 6.45) is 5.32. The maximum atomic E-state index is 12.3. The lowest BCUT2D eigenvalue weighted by atomic mass is 10.3. The molecule has 0 bridgehead atoms. The number of rotatable bonds is 3. The second-order valence-electron chi connectivity index (χ2n) is 4.54. The summed E-state index contributed by atoms with van der Waals surface area (Å²) in [6, 6.07) is 5.64. The molecule has 20 heavy (non-hydrogen) atoms. The molecule has 3 aromatic rings. The molecule has 6 heteroatoms. The van der Waals surface area contributed by atoms with E-state index in [1.807, 2.05) is 42.6 Å². The Morgan fingerprint density at radius 1 is 1.40 bits per heavy atom. The zero-order valence-electron chi connectivity index (χ0n) is 11.4. The molecule has 1 N–H and O–H groups in total. The van der Waals surface area contributed by atoms with Crippen molar-refractivity contribution < 1.29 is 4.79 Å². The van der Waals surface area contributed by atoms with Gasteiger partial charge in [0, 0.05) is 24.5 Å². The number of imidazole rings is 1. The average Bonchev–Trinajstić information content (AvgIpc) is 3.03. The molecule has 3 aromatic heterocycles. The minimum atomic E-state index is -0.230. The Labute approximate surface area is 116 Å². The molecule has 0 aliphatic rings. The van der Waals surface area contributed by atoms with Crippen LogP contribution in [0.25, 0.3) is 5.65 Å². The van der Waals surface area contributed by atoms with Gasteiger partial charge in [0.05, 0.1) is 6.20 Å². The van der Waals surface area contributed by atoms with Gasteiger partial charge in [0.15, 0.2) is 0 Å². The number of hydrogen-bond acceptors (Lipinski definition) is 3. The lowest BCUT2D eigenvalue weighted by molar-refractivity contribution is 0.102. The van der Waals surface area contributed by atoms with Gasteiger partial charge in [0.2, 0.25) is 0 Å². The number of amides is 1. The van der Waals surface area contributed by atoms with Crippen molar-refractivity contribution in [3.8, 4) is 0 Å². The van der Waals surface area contributed by atoms with Gasteiger partial charge in [-0.15, -0.1) is 0 Å². The van der Waals surface area contributed by atoms with Crippen LogP contribution in [0.5, 0.6) is 0 Å². The summed E-state index contributed by atoms with van der Waals surface area (Å²) in [6.45, 7) is 4.60. The summed E-state index contributed by atoms with van der Waals surface area (Å²) < 4.78 is 3.57. The van der Waals surface area contributed by atoms with Gasteiger partial charge in [0.25, 0.3) is 5.91 Å². The molecule has 0 fully saturated rings. The van der Waals surface area contributed by atoms with E-state index >= 15 is 0 Å². The fourth-order valence-corrected chi connectivity index (χ4v) is 2.10. The lowest BCUT2D eigenvalue weighted by Gasteiger charge is -2.06. The fourth-order valence-electron chi connectivity index (χ4n) is 2.10. The summed E-state index contributed by atoms with van der Waals surface area (Å²) >= 11 is 0. The number of nitrogens with one attached hydrogen (secondary N) is 1. The highest BCUT2D eigenvalue weighted by molar-refractivity contribution is 6.03. The molecule has 0 saturated heterocycles. The van der Waals surface area contributed by atoms with E-state index in [4.69, 9.17) is 0 Å². The first-order valence-electron chi connectivity index (χ1n) is 6.46. The molecule has 102 valence electrons. The van der Waals surface area contributed by atoms with E-state index in [9.17, 15) is 4.79 Å². The van der Waals surface area contributed by atoms with E-state index < -0.39 is 0 Å². The van der Waals surface area contributed by atoms with Crippen molar-refractivity contribution >= 4 is 17.4 Å². The van der Waals surface area contributed by atoms with Crippen LogP contribution in [-0.4, -0.2) is 25.1 Å². The molecule has 0 aliphatic carbocycles. The highest BCUT2D eigenvalue weighted by Crippen LogP contribution is 2.15. The summed E-state index contributed by atoms with van der Waals surface area (Å²) in [5, 5.41) is 7.07. The maximum absolute atomic E-state index is 12.3. The first-order valence-corrected chi connectivity index (χ1v) is 6.46. The topological polar surface area (TPSA) is 64.2 Å². The SMILES string of the molecule is CCn1ncc(C)c1NC(=O)c1cn2ccccc2n1. The molecule has 0 spiro atoms. The van der Waals surface area contributed by atoms with Gasteiger partial charge in [-0.25, -0.2) is 9.67 Å². The number of fused-ring (bicyclic) bond motifs is 1. The fraction of sp³-hybridized carbons (Fsp3) is 0.214.